The van der Waals surface area contributed by atoms with E-state index in [1.165, 1.54) is 0 Å². The summed E-state index contributed by atoms with van der Waals surface area (Å²) in [7, 11) is 0. The van der Waals surface area contributed by atoms with Crippen molar-refractivity contribution in [2.24, 2.45) is 0 Å². The second-order valence-corrected chi connectivity index (χ2v) is 4.95. The number of carbonyl (C=O) groups is 2. The van der Waals surface area contributed by atoms with Crippen LogP contribution in [0.1, 0.15) is 12.8 Å². The number of likely N-dealkylation sites (tertiary alicyclic amines) is 1. The number of anilines is 1. The maximum atomic E-state index is 11.7. The van der Waals surface area contributed by atoms with Crippen LogP contribution in [0.2, 0.25) is 0 Å². The van der Waals surface area contributed by atoms with Crippen molar-refractivity contribution in [1.29, 1.82) is 0 Å². The summed E-state index contributed by atoms with van der Waals surface area (Å²) in [6.07, 6.45) is 0. The molecule has 1 aromatic rings. The highest BCUT2D eigenvalue weighted by Gasteiger charge is 2.40. The number of aryl methyl sites for hydroxylation is 1. The molecular formula is C11H16N4O5. The van der Waals surface area contributed by atoms with Crippen molar-refractivity contribution in [3.63, 3.8) is 0 Å². The molecule has 20 heavy (non-hydrogen) atoms. The van der Waals surface area contributed by atoms with E-state index < -0.39 is 11.6 Å². The van der Waals surface area contributed by atoms with Gasteiger partial charge in [-0.05, 0) is 6.92 Å². The minimum Gasteiger partial charge on any atom is -0.480 e. The molecule has 0 atom stereocenters. The van der Waals surface area contributed by atoms with Gasteiger partial charge in [-0.15, -0.1) is 5.10 Å². The zero-order chi connectivity index (χ0) is 14.8. The minimum absolute atomic E-state index is 0.0675. The Labute approximate surface area is 114 Å². The summed E-state index contributed by atoms with van der Waals surface area (Å²) in [6, 6.07) is 0.0675. The van der Waals surface area contributed by atoms with Crippen LogP contribution in [0, 0.1) is 6.92 Å². The van der Waals surface area contributed by atoms with Crippen LogP contribution in [-0.4, -0.2) is 63.9 Å². The van der Waals surface area contributed by atoms with Gasteiger partial charge in [0.1, 0.15) is 6.61 Å². The number of hydrogen-bond acceptors (Lipinski definition) is 7. The van der Waals surface area contributed by atoms with Gasteiger partial charge in [0.2, 0.25) is 11.8 Å². The van der Waals surface area contributed by atoms with Crippen molar-refractivity contribution in [3.8, 4) is 0 Å². The number of ether oxygens (including phenoxy) is 1. The van der Waals surface area contributed by atoms with E-state index >= 15 is 0 Å². The van der Waals surface area contributed by atoms with Crippen molar-refractivity contribution in [3.05, 3.63) is 5.89 Å². The van der Waals surface area contributed by atoms with Gasteiger partial charge in [0.05, 0.1) is 12.1 Å². The number of carbonyl (C=O) groups excluding carboxylic acids is 1. The molecule has 1 aromatic heterocycles. The number of aromatic nitrogens is 2. The number of carboxylic acids is 1. The second kappa shape index (κ2) is 5.55. The van der Waals surface area contributed by atoms with Gasteiger partial charge in [-0.3, -0.25) is 15.0 Å². The lowest BCUT2D eigenvalue weighted by atomic mass is 9.96. The fourth-order valence-corrected chi connectivity index (χ4v) is 2.05. The van der Waals surface area contributed by atoms with Crippen molar-refractivity contribution < 1.29 is 23.8 Å². The average molecular weight is 284 g/mol. The first-order valence-corrected chi connectivity index (χ1v) is 6.04. The number of hydrogen-bond donors (Lipinski definition) is 2. The summed E-state index contributed by atoms with van der Waals surface area (Å²) < 4.78 is 10.3. The quantitative estimate of drug-likeness (QED) is 0.717. The molecular weight excluding hydrogens is 268 g/mol. The Morgan fingerprint density at radius 2 is 2.20 bits per heavy atom. The Bertz CT molecular complexity index is 509. The summed E-state index contributed by atoms with van der Waals surface area (Å²) in [5.41, 5.74) is -0.514. The van der Waals surface area contributed by atoms with Crippen LogP contribution in [0.5, 0.6) is 0 Å². The summed E-state index contributed by atoms with van der Waals surface area (Å²) in [5, 5.41) is 18.3. The highest BCUT2D eigenvalue weighted by Crippen LogP contribution is 2.24. The number of amides is 1. The Morgan fingerprint density at radius 3 is 2.75 bits per heavy atom. The van der Waals surface area contributed by atoms with Gasteiger partial charge in [0, 0.05) is 20.0 Å². The van der Waals surface area contributed by atoms with Gasteiger partial charge in [-0.25, -0.2) is 4.79 Å². The summed E-state index contributed by atoms with van der Waals surface area (Å²) >= 11 is 0. The number of aliphatic carboxylic acids is 1. The molecule has 0 unspecified atom stereocenters. The third-order valence-corrected chi connectivity index (χ3v) is 2.80. The van der Waals surface area contributed by atoms with E-state index in [1.54, 1.807) is 6.92 Å². The molecule has 1 amide bonds. The van der Waals surface area contributed by atoms with Crippen LogP contribution >= 0.6 is 0 Å². The number of rotatable bonds is 6. The molecule has 1 aliphatic rings. The number of nitrogens with one attached hydrogen (secondary N) is 1. The lowest BCUT2D eigenvalue weighted by molar-refractivity contribution is -0.165. The first-order valence-electron chi connectivity index (χ1n) is 6.04. The Morgan fingerprint density at radius 1 is 1.50 bits per heavy atom. The van der Waals surface area contributed by atoms with E-state index in [2.05, 4.69) is 15.5 Å². The lowest BCUT2D eigenvalue weighted by Gasteiger charge is -2.46. The molecule has 0 saturated carbocycles. The SMILES string of the molecule is Cc1nnc(NC(=O)CN2CC(C)(OCC(=O)O)C2)o1. The standard InChI is InChI=1S/C11H16N4O5/c1-7-13-14-10(20-7)12-8(16)3-15-5-11(2,6-15)19-4-9(17)18/h3-6H2,1-2H3,(H,17,18)(H,12,14,16). The Kier molecular flexibility index (Phi) is 4.00. The van der Waals surface area contributed by atoms with Crippen molar-refractivity contribution >= 4 is 17.9 Å². The normalized spacial score (nSPS) is 17.5. The van der Waals surface area contributed by atoms with E-state index in [1.807, 2.05) is 11.8 Å². The van der Waals surface area contributed by atoms with E-state index in [-0.39, 0.29) is 25.1 Å². The summed E-state index contributed by atoms with van der Waals surface area (Å²) in [4.78, 5) is 23.9. The maximum absolute atomic E-state index is 11.7. The van der Waals surface area contributed by atoms with Gasteiger partial charge in [-0.1, -0.05) is 5.10 Å². The zero-order valence-electron chi connectivity index (χ0n) is 11.3. The Hall–Kier alpha value is -2.00. The molecule has 1 aliphatic heterocycles. The van der Waals surface area contributed by atoms with Crippen molar-refractivity contribution in [2.75, 3.05) is 31.6 Å². The van der Waals surface area contributed by atoms with Gasteiger partial charge < -0.3 is 14.3 Å². The van der Waals surface area contributed by atoms with Crippen LogP contribution < -0.4 is 5.32 Å². The smallest absolute Gasteiger partial charge is 0.329 e. The molecule has 2 rings (SSSR count). The molecule has 2 N–H and O–H groups in total. The van der Waals surface area contributed by atoms with Crippen LogP contribution in [0.4, 0.5) is 6.01 Å². The molecule has 2 heterocycles. The predicted octanol–water partition coefficient (Wildman–Crippen LogP) is -0.508. The number of nitrogens with zero attached hydrogens (tertiary/aromatic N) is 3. The molecule has 9 heteroatoms. The van der Waals surface area contributed by atoms with E-state index in [4.69, 9.17) is 14.3 Å². The van der Waals surface area contributed by atoms with E-state index in [0.29, 0.717) is 19.0 Å². The maximum Gasteiger partial charge on any atom is 0.329 e. The second-order valence-electron chi connectivity index (χ2n) is 4.95. The summed E-state index contributed by atoms with van der Waals surface area (Å²) in [5.74, 6) is -0.901. The predicted molar refractivity (Wildman–Crippen MR) is 66.1 cm³/mol. The molecule has 0 bridgehead atoms. The fourth-order valence-electron chi connectivity index (χ4n) is 2.05. The third-order valence-electron chi connectivity index (χ3n) is 2.80. The van der Waals surface area contributed by atoms with Gasteiger partial charge in [0.25, 0.3) is 0 Å². The molecule has 1 saturated heterocycles. The molecule has 9 nitrogen and oxygen atoms in total. The van der Waals surface area contributed by atoms with Crippen LogP contribution in [-0.2, 0) is 14.3 Å². The van der Waals surface area contributed by atoms with Gasteiger partial charge in [0.15, 0.2) is 0 Å². The van der Waals surface area contributed by atoms with Crippen molar-refractivity contribution in [1.82, 2.24) is 15.1 Å². The van der Waals surface area contributed by atoms with Crippen LogP contribution in [0.3, 0.4) is 0 Å². The third kappa shape index (κ3) is 3.75. The molecule has 110 valence electrons. The van der Waals surface area contributed by atoms with E-state index in [0.717, 1.165) is 0 Å². The monoisotopic (exact) mass is 284 g/mol. The van der Waals surface area contributed by atoms with E-state index in [9.17, 15) is 9.59 Å². The molecule has 0 aliphatic carbocycles. The average Bonchev–Trinajstić information content (AvgIpc) is 2.70. The highest BCUT2D eigenvalue weighted by atomic mass is 16.5. The van der Waals surface area contributed by atoms with Crippen LogP contribution in [0.25, 0.3) is 0 Å². The van der Waals surface area contributed by atoms with Crippen molar-refractivity contribution in [2.45, 2.75) is 19.4 Å². The topological polar surface area (TPSA) is 118 Å². The molecule has 0 aromatic carbocycles. The molecule has 0 spiro atoms. The number of carboxylic acid groups (broad SMARTS) is 1. The largest absolute Gasteiger partial charge is 0.480 e. The first kappa shape index (κ1) is 14.4. The summed E-state index contributed by atoms with van der Waals surface area (Å²) in [6.45, 7) is 4.26. The zero-order valence-corrected chi connectivity index (χ0v) is 11.3. The lowest BCUT2D eigenvalue weighted by Crippen LogP contribution is -2.63. The molecule has 0 radical (unpaired) electrons. The fraction of sp³-hybridized carbons (Fsp3) is 0.636. The van der Waals surface area contributed by atoms with Crippen LogP contribution in [0.15, 0.2) is 4.42 Å². The van der Waals surface area contributed by atoms with Gasteiger partial charge >= 0.3 is 12.0 Å². The minimum atomic E-state index is -1.01. The Balaban J connectivity index is 1.71. The first-order chi connectivity index (χ1) is 9.36. The molecule has 1 fully saturated rings. The highest BCUT2D eigenvalue weighted by molar-refractivity contribution is 5.90. The van der Waals surface area contributed by atoms with Gasteiger partial charge in [-0.2, -0.15) is 0 Å².